The number of aromatic amines is 1. The highest BCUT2D eigenvalue weighted by Crippen LogP contribution is 2.12. The Bertz CT molecular complexity index is 495. The predicted octanol–water partition coefficient (Wildman–Crippen LogP) is -1.52. The number of carbonyl (C=O) groups excluding carboxylic acids is 3. The van der Waals surface area contributed by atoms with Crippen LogP contribution in [-0.4, -0.2) is 45.9 Å². The Morgan fingerprint density at radius 1 is 1.65 bits per heavy atom. The van der Waals surface area contributed by atoms with E-state index in [0.717, 1.165) is 4.90 Å². The fraction of sp³-hybridized carbons (Fsp3) is 0.333. The molecule has 1 aromatic heterocycles. The van der Waals surface area contributed by atoms with Crippen molar-refractivity contribution in [3.8, 4) is 0 Å². The average Bonchev–Trinajstić information content (AvgIpc) is 2.80. The van der Waals surface area contributed by atoms with E-state index in [2.05, 4.69) is 15.5 Å². The second-order valence-corrected chi connectivity index (χ2v) is 3.72. The van der Waals surface area contributed by atoms with Crippen molar-refractivity contribution >= 4 is 23.4 Å². The summed E-state index contributed by atoms with van der Waals surface area (Å²) in [6.07, 6.45) is 1.26. The lowest BCUT2D eigenvalue weighted by atomic mass is 10.2. The lowest BCUT2D eigenvalue weighted by molar-refractivity contribution is -0.137. The van der Waals surface area contributed by atoms with Crippen LogP contribution in [0, 0.1) is 0 Å². The van der Waals surface area contributed by atoms with Crippen molar-refractivity contribution in [2.24, 2.45) is 0 Å². The highest BCUT2D eigenvalue weighted by Gasteiger charge is 2.37. The zero-order chi connectivity index (χ0) is 12.6. The molecule has 1 aliphatic heterocycles. The molecule has 0 bridgehead atoms. The molecule has 8 heteroatoms. The summed E-state index contributed by atoms with van der Waals surface area (Å²) in [4.78, 5) is 35.5. The molecule has 1 fully saturated rings. The average molecular weight is 237 g/mol. The monoisotopic (exact) mass is 237 g/mol. The minimum absolute atomic E-state index is 0.0326. The Morgan fingerprint density at radius 3 is 2.82 bits per heavy atom. The molecule has 0 aromatic carbocycles. The molecule has 0 radical (unpaired) electrons. The predicted molar refractivity (Wildman–Crippen MR) is 56.6 cm³/mol. The highest BCUT2D eigenvalue weighted by atomic mass is 16.2. The number of H-pyrrole nitrogens is 1. The molecule has 0 saturated carbocycles. The van der Waals surface area contributed by atoms with E-state index in [-0.39, 0.29) is 23.7 Å². The van der Waals surface area contributed by atoms with Crippen molar-refractivity contribution in [3.63, 3.8) is 0 Å². The molecule has 2 rings (SSSR count). The van der Waals surface area contributed by atoms with Crippen LogP contribution in [0.2, 0.25) is 0 Å². The van der Waals surface area contributed by atoms with Crippen LogP contribution in [-0.2, 0) is 9.59 Å². The number of nitrogens with zero attached hydrogens (tertiary/aromatic N) is 2. The van der Waals surface area contributed by atoms with Crippen molar-refractivity contribution in [2.45, 2.75) is 12.5 Å². The van der Waals surface area contributed by atoms with E-state index in [4.69, 9.17) is 5.73 Å². The van der Waals surface area contributed by atoms with Gasteiger partial charge in [-0.2, -0.15) is 5.10 Å². The Morgan fingerprint density at radius 2 is 2.35 bits per heavy atom. The van der Waals surface area contributed by atoms with Crippen LogP contribution in [0.1, 0.15) is 16.9 Å². The van der Waals surface area contributed by atoms with Crippen molar-refractivity contribution in [2.75, 3.05) is 12.8 Å². The van der Waals surface area contributed by atoms with E-state index in [1.807, 2.05) is 0 Å². The molecule has 2 heterocycles. The number of nitrogens with two attached hydrogens (primary N) is 1. The maximum Gasteiger partial charge on any atom is 0.272 e. The van der Waals surface area contributed by atoms with Crippen LogP contribution in [0.25, 0.3) is 0 Å². The molecule has 90 valence electrons. The summed E-state index contributed by atoms with van der Waals surface area (Å²) in [5.41, 5.74) is 5.76. The fourth-order valence-corrected chi connectivity index (χ4v) is 1.58. The normalized spacial score (nSPS) is 19.8. The van der Waals surface area contributed by atoms with Crippen LogP contribution in [0.4, 0.5) is 5.69 Å². The molecule has 1 unspecified atom stereocenters. The van der Waals surface area contributed by atoms with Crippen LogP contribution in [0.15, 0.2) is 6.20 Å². The van der Waals surface area contributed by atoms with Gasteiger partial charge in [0.25, 0.3) is 11.8 Å². The Labute approximate surface area is 96.1 Å². The number of amides is 3. The number of aromatic nitrogens is 2. The number of imide groups is 1. The van der Waals surface area contributed by atoms with Crippen molar-refractivity contribution in [1.82, 2.24) is 20.4 Å². The van der Waals surface area contributed by atoms with Gasteiger partial charge >= 0.3 is 0 Å². The molecule has 3 amide bonds. The molecule has 17 heavy (non-hydrogen) atoms. The molecule has 1 aromatic rings. The van der Waals surface area contributed by atoms with Crippen molar-refractivity contribution in [3.05, 3.63) is 11.9 Å². The minimum atomic E-state index is -0.831. The topological polar surface area (TPSA) is 121 Å². The first-order valence-corrected chi connectivity index (χ1v) is 4.91. The summed E-state index contributed by atoms with van der Waals surface area (Å²) in [6, 6.07) is -0.831. The number of hydrogen-bond donors (Lipinski definition) is 3. The van der Waals surface area contributed by atoms with Crippen molar-refractivity contribution in [1.29, 1.82) is 0 Å². The SMILES string of the molecule is CN1C(=O)CC(NC(=O)c2[nH]ncc2N)C1=O. The van der Waals surface area contributed by atoms with Gasteiger partial charge < -0.3 is 11.1 Å². The summed E-state index contributed by atoms with van der Waals surface area (Å²) < 4.78 is 0. The largest absolute Gasteiger partial charge is 0.396 e. The third-order valence-corrected chi connectivity index (χ3v) is 2.58. The van der Waals surface area contributed by atoms with Gasteiger partial charge in [0.15, 0.2) is 0 Å². The Kier molecular flexibility index (Phi) is 2.54. The van der Waals surface area contributed by atoms with E-state index in [1.165, 1.54) is 13.2 Å². The van der Waals surface area contributed by atoms with E-state index in [0.29, 0.717) is 0 Å². The number of anilines is 1. The smallest absolute Gasteiger partial charge is 0.272 e. The van der Waals surface area contributed by atoms with Gasteiger partial charge in [-0.05, 0) is 0 Å². The first-order chi connectivity index (χ1) is 8.00. The second-order valence-electron chi connectivity index (χ2n) is 3.72. The quantitative estimate of drug-likeness (QED) is 0.539. The van der Waals surface area contributed by atoms with Gasteiger partial charge in [-0.25, -0.2) is 0 Å². The molecular formula is C9H11N5O3. The highest BCUT2D eigenvalue weighted by molar-refractivity contribution is 6.08. The summed E-state index contributed by atoms with van der Waals surface area (Å²) in [6.45, 7) is 0. The number of rotatable bonds is 2. The van der Waals surface area contributed by atoms with Gasteiger partial charge in [0, 0.05) is 7.05 Å². The van der Waals surface area contributed by atoms with Gasteiger partial charge in [0.2, 0.25) is 5.91 Å². The maximum absolute atomic E-state index is 11.7. The maximum atomic E-state index is 11.7. The van der Waals surface area contributed by atoms with E-state index in [9.17, 15) is 14.4 Å². The van der Waals surface area contributed by atoms with E-state index < -0.39 is 17.9 Å². The molecule has 0 aliphatic carbocycles. The fourth-order valence-electron chi connectivity index (χ4n) is 1.58. The summed E-state index contributed by atoms with van der Waals surface area (Å²) in [7, 11) is 1.38. The minimum Gasteiger partial charge on any atom is -0.396 e. The van der Waals surface area contributed by atoms with E-state index in [1.54, 1.807) is 0 Å². The molecular weight excluding hydrogens is 226 g/mol. The number of nitrogens with one attached hydrogen (secondary N) is 2. The standard InChI is InChI=1S/C9H11N5O3/c1-14-6(15)2-5(9(14)17)12-8(16)7-4(10)3-11-13-7/h3,5H,2,10H2,1H3,(H,11,13)(H,12,16). The molecule has 0 spiro atoms. The number of hydrogen-bond acceptors (Lipinski definition) is 5. The molecule has 1 atom stereocenters. The number of carbonyl (C=O) groups is 3. The third-order valence-electron chi connectivity index (χ3n) is 2.58. The first kappa shape index (κ1) is 11.1. The molecule has 1 saturated heterocycles. The number of likely N-dealkylation sites (N-methyl/N-ethyl adjacent to an activating group) is 1. The van der Waals surface area contributed by atoms with Gasteiger partial charge in [0.1, 0.15) is 11.7 Å². The second kappa shape index (κ2) is 3.89. The van der Waals surface area contributed by atoms with Crippen molar-refractivity contribution < 1.29 is 14.4 Å². The van der Waals surface area contributed by atoms with Gasteiger partial charge in [-0.15, -0.1) is 0 Å². The molecule has 8 nitrogen and oxygen atoms in total. The lowest BCUT2D eigenvalue weighted by Gasteiger charge is -2.10. The zero-order valence-corrected chi connectivity index (χ0v) is 9.06. The van der Waals surface area contributed by atoms with Gasteiger partial charge in [-0.1, -0.05) is 0 Å². The Balaban J connectivity index is 2.08. The first-order valence-electron chi connectivity index (χ1n) is 4.91. The Hall–Kier alpha value is -2.38. The van der Waals surface area contributed by atoms with Crippen LogP contribution in [0.5, 0.6) is 0 Å². The molecule has 1 aliphatic rings. The van der Waals surface area contributed by atoms with Gasteiger partial charge in [-0.3, -0.25) is 24.4 Å². The molecule has 4 N–H and O–H groups in total. The summed E-state index contributed by atoms with van der Waals surface area (Å²) >= 11 is 0. The number of nitrogen functional groups attached to an aromatic ring is 1. The van der Waals surface area contributed by atoms with Crippen LogP contribution in [0.3, 0.4) is 0 Å². The van der Waals surface area contributed by atoms with Gasteiger partial charge in [0.05, 0.1) is 18.3 Å². The summed E-state index contributed by atoms with van der Waals surface area (Å²) in [5.74, 6) is -1.30. The third kappa shape index (κ3) is 1.84. The summed E-state index contributed by atoms with van der Waals surface area (Å²) in [5, 5.41) is 8.44. The van der Waals surface area contributed by atoms with Crippen LogP contribution < -0.4 is 11.1 Å². The lowest BCUT2D eigenvalue weighted by Crippen LogP contribution is -2.41. The van der Waals surface area contributed by atoms with Crippen LogP contribution >= 0.6 is 0 Å². The van der Waals surface area contributed by atoms with E-state index >= 15 is 0 Å². The zero-order valence-electron chi connectivity index (χ0n) is 9.06. The number of likely N-dealkylation sites (tertiary alicyclic amines) is 1.